The Labute approximate surface area is 112 Å². The lowest BCUT2D eigenvalue weighted by Gasteiger charge is -2.28. The third-order valence-corrected chi connectivity index (χ3v) is 3.36. The van der Waals surface area contributed by atoms with Gasteiger partial charge in [-0.2, -0.15) is 0 Å². The normalized spacial score (nSPS) is 21.8. The van der Waals surface area contributed by atoms with Crippen molar-refractivity contribution < 1.29 is 19.4 Å². The highest BCUT2D eigenvalue weighted by atomic mass is 16.6. The number of carbonyl (C=O) groups excluding carboxylic acids is 1. The highest BCUT2D eigenvalue weighted by molar-refractivity contribution is 6.06. The van der Waals surface area contributed by atoms with Crippen LogP contribution in [0.2, 0.25) is 0 Å². The quantitative estimate of drug-likeness (QED) is 0.656. The van der Waals surface area contributed by atoms with Crippen LogP contribution in [-0.4, -0.2) is 22.6 Å². The topological polar surface area (TPSA) is 63.6 Å². The summed E-state index contributed by atoms with van der Waals surface area (Å²) in [5.74, 6) is -1.80. The van der Waals surface area contributed by atoms with E-state index in [9.17, 15) is 14.7 Å². The van der Waals surface area contributed by atoms with Crippen molar-refractivity contribution in [1.29, 1.82) is 0 Å². The Morgan fingerprint density at radius 3 is 2.47 bits per heavy atom. The van der Waals surface area contributed by atoms with E-state index < -0.39 is 23.0 Å². The summed E-state index contributed by atoms with van der Waals surface area (Å²) in [5, 5.41) is 9.58. The first-order valence-electron chi connectivity index (χ1n) is 6.32. The van der Waals surface area contributed by atoms with Crippen LogP contribution in [0.3, 0.4) is 0 Å². The lowest BCUT2D eigenvalue weighted by atomic mass is 9.81. The number of aliphatic carboxylic acids is 1. The molecular formula is C15H18O4. The van der Waals surface area contributed by atoms with Gasteiger partial charge in [0.05, 0.1) is 0 Å². The van der Waals surface area contributed by atoms with Crippen molar-refractivity contribution in [3.63, 3.8) is 0 Å². The van der Waals surface area contributed by atoms with Gasteiger partial charge in [-0.25, -0.2) is 0 Å². The number of carboxylic acids is 1. The number of hydrogen-bond acceptors (Lipinski definition) is 3. The fraction of sp³-hybridized carbons (Fsp3) is 0.467. The number of rotatable bonds is 2. The number of ether oxygens (including phenoxy) is 1. The molecule has 4 nitrogen and oxygen atoms in total. The van der Waals surface area contributed by atoms with Gasteiger partial charge in [-0.1, -0.05) is 24.3 Å². The molecule has 0 spiro atoms. The van der Waals surface area contributed by atoms with E-state index in [0.717, 1.165) is 5.56 Å². The molecule has 1 atom stereocenters. The summed E-state index contributed by atoms with van der Waals surface area (Å²) in [7, 11) is 0. The maximum atomic E-state index is 12.4. The van der Waals surface area contributed by atoms with Gasteiger partial charge in [0.1, 0.15) is 5.60 Å². The molecule has 0 saturated heterocycles. The van der Waals surface area contributed by atoms with Crippen LogP contribution < -0.4 is 0 Å². The van der Waals surface area contributed by atoms with Gasteiger partial charge in [-0.05, 0) is 44.7 Å². The van der Waals surface area contributed by atoms with Crippen molar-refractivity contribution >= 4 is 11.9 Å². The zero-order valence-electron chi connectivity index (χ0n) is 11.4. The predicted molar refractivity (Wildman–Crippen MR) is 69.9 cm³/mol. The molecule has 1 N–H and O–H groups in total. The Hall–Kier alpha value is -1.84. The van der Waals surface area contributed by atoms with E-state index in [4.69, 9.17) is 4.74 Å². The highest BCUT2D eigenvalue weighted by Gasteiger charge is 2.54. The average Bonchev–Trinajstić information content (AvgIpc) is 2.67. The molecule has 0 saturated carbocycles. The van der Waals surface area contributed by atoms with E-state index in [-0.39, 0.29) is 6.42 Å². The van der Waals surface area contributed by atoms with E-state index >= 15 is 0 Å². The third kappa shape index (κ3) is 2.23. The molecule has 0 aromatic heterocycles. The summed E-state index contributed by atoms with van der Waals surface area (Å²) < 4.78 is 5.32. The van der Waals surface area contributed by atoms with Crippen LogP contribution in [-0.2, 0) is 26.2 Å². The Morgan fingerprint density at radius 1 is 1.26 bits per heavy atom. The minimum Gasteiger partial charge on any atom is -0.480 e. The van der Waals surface area contributed by atoms with Gasteiger partial charge in [0.15, 0.2) is 5.41 Å². The fourth-order valence-corrected chi connectivity index (χ4v) is 2.50. The molecule has 1 aromatic carbocycles. The molecule has 2 rings (SSSR count). The average molecular weight is 262 g/mol. The SMILES string of the molecule is CC(C)(C)OC(=O)C1(C(=O)O)CCc2ccccc21. The number of fused-ring (bicyclic) bond motifs is 1. The molecule has 0 radical (unpaired) electrons. The number of aryl methyl sites for hydroxylation is 1. The Balaban J connectivity index is 2.48. The van der Waals surface area contributed by atoms with Crippen molar-refractivity contribution in [2.45, 2.75) is 44.6 Å². The van der Waals surface area contributed by atoms with E-state index in [2.05, 4.69) is 0 Å². The highest BCUT2D eigenvalue weighted by Crippen LogP contribution is 2.41. The second-order valence-corrected chi connectivity index (χ2v) is 5.87. The van der Waals surface area contributed by atoms with Crippen molar-refractivity contribution in [2.24, 2.45) is 0 Å². The first kappa shape index (κ1) is 13.6. The lowest BCUT2D eigenvalue weighted by Crippen LogP contribution is -2.45. The summed E-state index contributed by atoms with van der Waals surface area (Å²) in [4.78, 5) is 24.1. The van der Waals surface area contributed by atoms with Crippen LogP contribution in [0.4, 0.5) is 0 Å². The molecule has 1 aromatic rings. The van der Waals surface area contributed by atoms with E-state index in [1.807, 2.05) is 12.1 Å². The summed E-state index contributed by atoms with van der Waals surface area (Å²) in [5.41, 5.74) is -0.770. The molecule has 0 aliphatic heterocycles. The first-order chi connectivity index (χ1) is 8.77. The zero-order chi connectivity index (χ0) is 14.3. The molecule has 4 heteroatoms. The number of esters is 1. The maximum Gasteiger partial charge on any atom is 0.328 e. The molecule has 19 heavy (non-hydrogen) atoms. The number of hydrogen-bond donors (Lipinski definition) is 1. The number of benzene rings is 1. The van der Waals surface area contributed by atoms with E-state index in [0.29, 0.717) is 12.0 Å². The van der Waals surface area contributed by atoms with Crippen LogP contribution in [0.1, 0.15) is 38.3 Å². The second kappa shape index (κ2) is 4.37. The first-order valence-corrected chi connectivity index (χ1v) is 6.32. The molecule has 0 amide bonds. The van der Waals surface area contributed by atoms with Crippen molar-refractivity contribution in [2.75, 3.05) is 0 Å². The van der Waals surface area contributed by atoms with Gasteiger partial charge in [-0.15, -0.1) is 0 Å². The zero-order valence-corrected chi connectivity index (χ0v) is 11.4. The van der Waals surface area contributed by atoms with Gasteiger partial charge < -0.3 is 9.84 Å². The lowest BCUT2D eigenvalue weighted by molar-refractivity contribution is -0.169. The van der Waals surface area contributed by atoms with Gasteiger partial charge in [0, 0.05) is 0 Å². The van der Waals surface area contributed by atoms with Crippen LogP contribution >= 0.6 is 0 Å². The van der Waals surface area contributed by atoms with Crippen molar-refractivity contribution in [3.8, 4) is 0 Å². The summed E-state index contributed by atoms with van der Waals surface area (Å²) in [6.07, 6.45) is 0.846. The van der Waals surface area contributed by atoms with Gasteiger partial charge >= 0.3 is 11.9 Å². The smallest absolute Gasteiger partial charge is 0.328 e. The molecule has 1 unspecified atom stereocenters. The number of carboxylic acid groups (broad SMARTS) is 1. The third-order valence-electron chi connectivity index (χ3n) is 3.36. The summed E-state index contributed by atoms with van der Waals surface area (Å²) >= 11 is 0. The molecule has 0 fully saturated rings. The standard InChI is InChI=1S/C15H18O4/c1-14(2,3)19-13(18)15(12(16)17)9-8-10-6-4-5-7-11(10)15/h4-7H,8-9H2,1-3H3,(H,16,17). The van der Waals surface area contributed by atoms with Crippen LogP contribution in [0.15, 0.2) is 24.3 Å². The van der Waals surface area contributed by atoms with Gasteiger partial charge in [0.2, 0.25) is 0 Å². The molecule has 0 bridgehead atoms. The minimum atomic E-state index is -1.55. The fourth-order valence-electron chi connectivity index (χ4n) is 2.50. The molecule has 1 aliphatic rings. The van der Waals surface area contributed by atoms with E-state index in [1.54, 1.807) is 32.9 Å². The van der Waals surface area contributed by atoms with Crippen molar-refractivity contribution in [3.05, 3.63) is 35.4 Å². The largest absolute Gasteiger partial charge is 0.480 e. The molecular weight excluding hydrogens is 244 g/mol. The van der Waals surface area contributed by atoms with Crippen LogP contribution in [0.5, 0.6) is 0 Å². The van der Waals surface area contributed by atoms with E-state index in [1.165, 1.54) is 0 Å². The van der Waals surface area contributed by atoms with Gasteiger partial charge in [0.25, 0.3) is 0 Å². The van der Waals surface area contributed by atoms with Crippen molar-refractivity contribution in [1.82, 2.24) is 0 Å². The maximum absolute atomic E-state index is 12.4. The number of carbonyl (C=O) groups is 2. The Morgan fingerprint density at radius 2 is 1.89 bits per heavy atom. The molecule has 102 valence electrons. The summed E-state index contributed by atoms with van der Waals surface area (Å²) in [6, 6.07) is 7.18. The second-order valence-electron chi connectivity index (χ2n) is 5.87. The monoisotopic (exact) mass is 262 g/mol. The summed E-state index contributed by atoms with van der Waals surface area (Å²) in [6.45, 7) is 5.21. The molecule has 0 heterocycles. The van der Waals surface area contributed by atoms with Crippen LogP contribution in [0.25, 0.3) is 0 Å². The van der Waals surface area contributed by atoms with Gasteiger partial charge in [-0.3, -0.25) is 9.59 Å². The predicted octanol–water partition coefficient (Wildman–Crippen LogP) is 2.30. The molecule has 1 aliphatic carbocycles. The van der Waals surface area contributed by atoms with Crippen LogP contribution in [0, 0.1) is 0 Å². The minimum absolute atomic E-state index is 0.261. The Kier molecular flexibility index (Phi) is 3.12. The Bertz CT molecular complexity index is 527.